The van der Waals surface area contributed by atoms with E-state index in [2.05, 4.69) is 20.6 Å². The number of hydrogen-bond acceptors (Lipinski definition) is 10. The first kappa shape index (κ1) is 25.3. The van der Waals surface area contributed by atoms with Crippen molar-refractivity contribution in [2.45, 2.75) is 9.79 Å². The fraction of sp³-hybridized carbons (Fsp3) is 0. The van der Waals surface area contributed by atoms with Gasteiger partial charge in [0.15, 0.2) is 0 Å². The molecule has 152 valence electrons. The molecule has 0 aliphatic carbocycles. The summed E-state index contributed by atoms with van der Waals surface area (Å²) in [4.78, 5) is 8.12. The van der Waals surface area contributed by atoms with Gasteiger partial charge in [0, 0.05) is 0 Å². The molecular weight excluding hydrogens is 478 g/mol. The van der Waals surface area contributed by atoms with E-state index >= 15 is 0 Å². The normalized spacial score (nSPS) is 12.6. The quantitative estimate of drug-likeness (QED) is 0.144. The third-order valence-corrected chi connectivity index (χ3v) is 6.31. The van der Waals surface area contributed by atoms with Gasteiger partial charge in [-0.3, -0.25) is 0 Å². The van der Waals surface area contributed by atoms with Crippen molar-refractivity contribution in [1.29, 1.82) is 0 Å². The summed E-state index contributed by atoms with van der Waals surface area (Å²) in [6.45, 7) is 0. The Morgan fingerprint density at radius 2 is 1.00 bits per heavy atom. The van der Waals surface area contributed by atoms with Crippen molar-refractivity contribution in [3.8, 4) is 0 Å². The van der Waals surface area contributed by atoms with E-state index in [9.17, 15) is 25.9 Å². The summed E-state index contributed by atoms with van der Waals surface area (Å²) in [5, 5.41) is 6.19. The largest absolute Gasteiger partial charge is 1.00 e. The van der Waals surface area contributed by atoms with Crippen LogP contribution in [0.4, 0.5) is 22.7 Å². The van der Waals surface area contributed by atoms with Gasteiger partial charge in [-0.15, -0.1) is 0 Å². The minimum absolute atomic E-state index is 0. The van der Waals surface area contributed by atoms with Crippen molar-refractivity contribution >= 4 is 65.1 Å². The van der Waals surface area contributed by atoms with Crippen LogP contribution in [0.5, 0.6) is 0 Å². The van der Waals surface area contributed by atoms with Crippen molar-refractivity contribution in [2.75, 3.05) is 10.6 Å². The van der Waals surface area contributed by atoms with Crippen LogP contribution in [0.15, 0.2) is 58.3 Å². The third-order valence-electron chi connectivity index (χ3n) is 4.65. The van der Waals surface area contributed by atoms with Gasteiger partial charge in [-0.1, -0.05) is 0 Å². The molecule has 0 unspecified atom stereocenters. The molecule has 2 heterocycles. The van der Waals surface area contributed by atoms with Crippen LogP contribution in [-0.2, 0) is 20.2 Å². The molecule has 10 nitrogen and oxygen atoms in total. The van der Waals surface area contributed by atoms with Crippen LogP contribution in [0.25, 0.3) is 22.1 Å². The van der Waals surface area contributed by atoms with E-state index < -0.39 is 20.2 Å². The van der Waals surface area contributed by atoms with E-state index in [1.165, 1.54) is 36.4 Å². The second-order valence-electron chi connectivity index (χ2n) is 6.63. The molecule has 3 aromatic carbocycles. The predicted molar refractivity (Wildman–Crippen MR) is 106 cm³/mol. The van der Waals surface area contributed by atoms with Crippen molar-refractivity contribution < 1.29 is 85.1 Å². The maximum absolute atomic E-state index is 11.3. The molecule has 14 heteroatoms. The van der Waals surface area contributed by atoms with Gasteiger partial charge in [0.25, 0.3) is 0 Å². The molecule has 5 rings (SSSR count). The van der Waals surface area contributed by atoms with Crippen LogP contribution in [0, 0.1) is 0 Å². The van der Waals surface area contributed by atoms with Crippen LogP contribution >= 0.6 is 0 Å². The Morgan fingerprint density at radius 1 is 0.562 bits per heavy atom. The smallest absolute Gasteiger partial charge is 0.744 e. The van der Waals surface area contributed by atoms with Gasteiger partial charge in [0.1, 0.15) is 20.2 Å². The summed E-state index contributed by atoms with van der Waals surface area (Å²) in [7, 11) is -9.21. The van der Waals surface area contributed by atoms with E-state index in [0.29, 0.717) is 39.3 Å². The van der Waals surface area contributed by atoms with Gasteiger partial charge >= 0.3 is 59.1 Å². The van der Waals surface area contributed by atoms with Gasteiger partial charge in [0.05, 0.1) is 54.6 Å². The number of nitrogens with one attached hydrogen (secondary N) is 2. The van der Waals surface area contributed by atoms with Gasteiger partial charge in [0.2, 0.25) is 0 Å². The minimum atomic E-state index is -4.61. The first-order valence-electron chi connectivity index (χ1n) is 8.43. The summed E-state index contributed by atoms with van der Waals surface area (Å²) in [6, 6.07) is 11.0. The SMILES string of the molecule is O=S(=O)([O-])c1ccc2c(c1)Nc1cc3nc4ccc(S(=O)(=O)[O-])cc4nc3cc1N2.[Na+].[Na+]. The van der Waals surface area contributed by atoms with E-state index in [1.807, 2.05) is 0 Å². The number of anilines is 4. The third kappa shape index (κ3) is 4.66. The first-order chi connectivity index (χ1) is 14.1. The molecule has 0 spiro atoms. The Morgan fingerprint density at radius 3 is 1.59 bits per heavy atom. The maximum atomic E-state index is 11.3. The molecule has 1 aromatic heterocycles. The maximum Gasteiger partial charge on any atom is 1.00 e. The van der Waals surface area contributed by atoms with Crippen LogP contribution in [0.3, 0.4) is 0 Å². The van der Waals surface area contributed by atoms with Crippen molar-refractivity contribution in [3.63, 3.8) is 0 Å². The monoisotopic (exact) mass is 488 g/mol. The zero-order valence-corrected chi connectivity index (χ0v) is 22.4. The molecule has 1 aliphatic heterocycles. The molecule has 0 amide bonds. The molecule has 0 radical (unpaired) electrons. The predicted octanol–water partition coefficient (Wildman–Crippen LogP) is -3.60. The molecule has 32 heavy (non-hydrogen) atoms. The summed E-state index contributed by atoms with van der Waals surface area (Å²) in [5.41, 5.74) is 3.78. The van der Waals surface area contributed by atoms with Gasteiger partial charge < -0.3 is 19.7 Å². The van der Waals surface area contributed by atoms with Crippen LogP contribution < -0.4 is 69.7 Å². The Balaban J connectivity index is 0.00000144. The zero-order valence-electron chi connectivity index (χ0n) is 16.8. The van der Waals surface area contributed by atoms with E-state index in [4.69, 9.17) is 0 Å². The van der Waals surface area contributed by atoms with E-state index in [-0.39, 0.29) is 74.4 Å². The topological polar surface area (TPSA) is 164 Å². The molecule has 2 N–H and O–H groups in total. The van der Waals surface area contributed by atoms with Crippen LogP contribution in [0.2, 0.25) is 0 Å². The molecule has 0 atom stereocenters. The second-order valence-corrected chi connectivity index (χ2v) is 9.39. The van der Waals surface area contributed by atoms with Crippen LogP contribution in [-0.4, -0.2) is 35.9 Å². The molecular formula is C18H10N4Na2O6S2. The standard InChI is InChI=1S/C18H12N4O6S2.2Na/c23-29(24,25)9-1-3-11-13(5-9)21-17-8-16-18(7-15(17)19-11)22-14-6-10(30(26,27)28)2-4-12(14)20-16;;/h1-8,19,21H,(H,23,24,25)(H,26,27,28);;/q;2*+1/p-2. The Labute approximate surface area is 226 Å². The van der Waals surface area contributed by atoms with Gasteiger partial charge in [-0.25, -0.2) is 26.8 Å². The van der Waals surface area contributed by atoms with Crippen LogP contribution in [0.1, 0.15) is 0 Å². The number of benzene rings is 3. The average molecular weight is 488 g/mol. The Bertz CT molecular complexity index is 1610. The molecule has 0 saturated carbocycles. The fourth-order valence-electron chi connectivity index (χ4n) is 3.25. The summed E-state index contributed by atoms with van der Waals surface area (Å²) in [5.74, 6) is 0. The first-order valence-corrected chi connectivity index (χ1v) is 11.2. The average Bonchev–Trinajstić information content (AvgIpc) is 2.66. The number of aromatic nitrogens is 2. The number of hydrogen-bond donors (Lipinski definition) is 2. The fourth-order valence-corrected chi connectivity index (χ4v) is 4.23. The molecule has 0 fully saturated rings. The molecule has 0 saturated heterocycles. The number of rotatable bonds is 2. The Hall–Kier alpha value is -1.32. The van der Waals surface area contributed by atoms with Crippen molar-refractivity contribution in [3.05, 3.63) is 48.5 Å². The summed E-state index contributed by atoms with van der Waals surface area (Å²) in [6.07, 6.45) is 0. The van der Waals surface area contributed by atoms with Gasteiger partial charge in [-0.2, -0.15) is 0 Å². The summed E-state index contributed by atoms with van der Waals surface area (Å²) < 4.78 is 67.6. The summed E-state index contributed by atoms with van der Waals surface area (Å²) >= 11 is 0. The van der Waals surface area contributed by atoms with E-state index in [1.54, 1.807) is 12.1 Å². The van der Waals surface area contributed by atoms with E-state index in [0.717, 1.165) is 0 Å². The van der Waals surface area contributed by atoms with Gasteiger partial charge in [-0.05, 0) is 48.5 Å². The minimum Gasteiger partial charge on any atom is -0.744 e. The van der Waals surface area contributed by atoms with Crippen molar-refractivity contribution in [1.82, 2.24) is 9.97 Å². The number of nitrogens with zero attached hydrogens (tertiary/aromatic N) is 2. The second kappa shape index (κ2) is 8.80. The van der Waals surface area contributed by atoms with Crippen molar-refractivity contribution in [2.24, 2.45) is 0 Å². The molecule has 0 bridgehead atoms. The number of fused-ring (bicyclic) bond motifs is 4. The molecule has 4 aromatic rings. The Kier molecular flexibility index (Phi) is 6.96. The zero-order chi connectivity index (χ0) is 21.3. The molecule has 1 aliphatic rings.